The minimum Gasteiger partial charge on any atom is -0.392 e. The van der Waals surface area contributed by atoms with Crippen LogP contribution in [0, 0.1) is 5.92 Å². The summed E-state index contributed by atoms with van der Waals surface area (Å²) in [5.41, 5.74) is -0.674. The zero-order valence-corrected chi connectivity index (χ0v) is 9.29. The van der Waals surface area contributed by atoms with E-state index in [1.54, 1.807) is 0 Å². The summed E-state index contributed by atoms with van der Waals surface area (Å²) in [7, 11) is 0. The van der Waals surface area contributed by atoms with Gasteiger partial charge >= 0.3 is 0 Å². The van der Waals surface area contributed by atoms with E-state index in [2.05, 4.69) is 5.32 Å². The number of hydrogen-bond donors (Lipinski definition) is 3. The summed E-state index contributed by atoms with van der Waals surface area (Å²) in [5, 5.41) is 22.9. The molecule has 3 nitrogen and oxygen atoms in total. The van der Waals surface area contributed by atoms with E-state index in [1.165, 1.54) is 6.42 Å². The minimum atomic E-state index is -0.674. The van der Waals surface area contributed by atoms with Crippen molar-refractivity contribution in [2.45, 2.75) is 51.2 Å². The Morgan fingerprint density at radius 1 is 1.50 bits per heavy atom. The highest BCUT2D eigenvalue weighted by molar-refractivity contribution is 4.89. The molecular formula is C11H23NO2. The lowest BCUT2D eigenvalue weighted by molar-refractivity contribution is -0.0665. The Morgan fingerprint density at radius 2 is 2.14 bits per heavy atom. The van der Waals surface area contributed by atoms with Crippen molar-refractivity contribution in [3.05, 3.63) is 0 Å². The Bertz CT molecular complexity index is 167. The zero-order chi connectivity index (χ0) is 10.6. The van der Waals surface area contributed by atoms with Gasteiger partial charge in [0.25, 0.3) is 0 Å². The number of nitrogens with one attached hydrogen (secondary N) is 1. The van der Waals surface area contributed by atoms with Gasteiger partial charge in [0.05, 0.1) is 11.7 Å². The molecule has 1 fully saturated rings. The SMILES string of the molecule is CCNC[C@H](O)C[C@](C)(O)C1CCC1. The molecule has 2 atom stereocenters. The van der Waals surface area contributed by atoms with Gasteiger partial charge in [-0.2, -0.15) is 0 Å². The van der Waals surface area contributed by atoms with E-state index >= 15 is 0 Å². The fourth-order valence-corrected chi connectivity index (χ4v) is 2.06. The molecule has 1 aliphatic carbocycles. The number of aliphatic hydroxyl groups excluding tert-OH is 1. The highest BCUT2D eigenvalue weighted by Gasteiger charge is 2.37. The highest BCUT2D eigenvalue weighted by atomic mass is 16.3. The lowest BCUT2D eigenvalue weighted by Gasteiger charge is -2.40. The maximum atomic E-state index is 10.1. The topological polar surface area (TPSA) is 52.5 Å². The second-order valence-corrected chi connectivity index (χ2v) is 4.65. The van der Waals surface area contributed by atoms with Crippen LogP contribution >= 0.6 is 0 Å². The number of likely N-dealkylation sites (N-methyl/N-ethyl adjacent to an activating group) is 1. The molecule has 3 N–H and O–H groups in total. The first kappa shape index (κ1) is 12.0. The van der Waals surface area contributed by atoms with Crippen molar-refractivity contribution in [3.8, 4) is 0 Å². The van der Waals surface area contributed by atoms with Crippen LogP contribution in [-0.4, -0.2) is 35.0 Å². The van der Waals surface area contributed by atoms with Gasteiger partial charge in [0, 0.05) is 13.0 Å². The van der Waals surface area contributed by atoms with E-state index in [0.29, 0.717) is 18.9 Å². The molecule has 1 saturated carbocycles. The molecule has 0 spiro atoms. The predicted octanol–water partition coefficient (Wildman–Crippen LogP) is 0.898. The summed E-state index contributed by atoms with van der Waals surface area (Å²) in [6.07, 6.45) is 3.52. The van der Waals surface area contributed by atoms with Crippen LogP contribution in [0.15, 0.2) is 0 Å². The van der Waals surface area contributed by atoms with Crippen LogP contribution in [-0.2, 0) is 0 Å². The van der Waals surface area contributed by atoms with Crippen LogP contribution in [0.5, 0.6) is 0 Å². The molecule has 0 bridgehead atoms. The van der Waals surface area contributed by atoms with Crippen molar-refractivity contribution in [2.24, 2.45) is 5.92 Å². The molecule has 0 aromatic carbocycles. The largest absolute Gasteiger partial charge is 0.392 e. The van der Waals surface area contributed by atoms with E-state index in [-0.39, 0.29) is 0 Å². The average molecular weight is 201 g/mol. The summed E-state index contributed by atoms with van der Waals surface area (Å²) >= 11 is 0. The number of rotatable bonds is 6. The predicted molar refractivity (Wildman–Crippen MR) is 57.1 cm³/mol. The average Bonchev–Trinajstić information content (AvgIpc) is 1.95. The van der Waals surface area contributed by atoms with Gasteiger partial charge in [0.1, 0.15) is 0 Å². The summed E-state index contributed by atoms with van der Waals surface area (Å²) in [5.74, 6) is 0.402. The second-order valence-electron chi connectivity index (χ2n) is 4.65. The molecule has 0 amide bonds. The Hall–Kier alpha value is -0.120. The first-order valence-electron chi connectivity index (χ1n) is 5.67. The van der Waals surface area contributed by atoms with Gasteiger partial charge in [0.2, 0.25) is 0 Å². The van der Waals surface area contributed by atoms with Crippen molar-refractivity contribution in [1.82, 2.24) is 5.32 Å². The second kappa shape index (κ2) is 5.10. The molecule has 0 unspecified atom stereocenters. The van der Waals surface area contributed by atoms with Crippen LogP contribution < -0.4 is 5.32 Å². The third kappa shape index (κ3) is 3.23. The third-order valence-corrected chi connectivity index (χ3v) is 3.26. The molecule has 1 aliphatic rings. The van der Waals surface area contributed by atoms with Gasteiger partial charge in [-0.05, 0) is 32.2 Å². The molecule has 0 heterocycles. The molecule has 3 heteroatoms. The lowest BCUT2D eigenvalue weighted by atomic mass is 9.71. The van der Waals surface area contributed by atoms with Crippen LogP contribution in [0.1, 0.15) is 39.5 Å². The Kier molecular flexibility index (Phi) is 4.35. The first-order valence-corrected chi connectivity index (χ1v) is 5.67. The standard InChI is InChI=1S/C11H23NO2/c1-3-12-8-10(13)7-11(2,14)9-5-4-6-9/h9-10,12-14H,3-8H2,1-2H3/t10-,11+/m1/s1. The van der Waals surface area contributed by atoms with Gasteiger partial charge in [-0.1, -0.05) is 13.3 Å². The molecule has 0 aromatic heterocycles. The zero-order valence-electron chi connectivity index (χ0n) is 9.29. The molecule has 0 saturated heterocycles. The summed E-state index contributed by atoms with van der Waals surface area (Å²) in [6.45, 7) is 5.31. The fourth-order valence-electron chi connectivity index (χ4n) is 2.06. The summed E-state index contributed by atoms with van der Waals surface area (Å²) in [4.78, 5) is 0. The molecule has 0 aromatic rings. The van der Waals surface area contributed by atoms with Crippen LogP contribution in [0.3, 0.4) is 0 Å². The lowest BCUT2D eigenvalue weighted by Crippen LogP contribution is -2.43. The van der Waals surface area contributed by atoms with Crippen molar-refractivity contribution in [1.29, 1.82) is 0 Å². The minimum absolute atomic E-state index is 0.402. The van der Waals surface area contributed by atoms with Crippen molar-refractivity contribution >= 4 is 0 Å². The maximum absolute atomic E-state index is 10.1. The molecule has 84 valence electrons. The summed E-state index contributed by atoms with van der Waals surface area (Å²) in [6, 6.07) is 0. The van der Waals surface area contributed by atoms with Crippen molar-refractivity contribution in [2.75, 3.05) is 13.1 Å². The van der Waals surface area contributed by atoms with E-state index < -0.39 is 11.7 Å². The molecule has 0 radical (unpaired) electrons. The van der Waals surface area contributed by atoms with Crippen molar-refractivity contribution in [3.63, 3.8) is 0 Å². The van der Waals surface area contributed by atoms with Gasteiger partial charge < -0.3 is 15.5 Å². The van der Waals surface area contributed by atoms with E-state index in [9.17, 15) is 10.2 Å². The molecular weight excluding hydrogens is 178 g/mol. The molecule has 0 aliphatic heterocycles. The molecule has 1 rings (SSSR count). The quantitative estimate of drug-likeness (QED) is 0.598. The summed E-state index contributed by atoms with van der Waals surface area (Å²) < 4.78 is 0. The van der Waals surface area contributed by atoms with Crippen LogP contribution in [0.2, 0.25) is 0 Å². The van der Waals surface area contributed by atoms with E-state index in [4.69, 9.17) is 0 Å². The van der Waals surface area contributed by atoms with Gasteiger partial charge in [0.15, 0.2) is 0 Å². The highest BCUT2D eigenvalue weighted by Crippen LogP contribution is 2.38. The maximum Gasteiger partial charge on any atom is 0.0691 e. The monoisotopic (exact) mass is 201 g/mol. The van der Waals surface area contributed by atoms with Gasteiger partial charge in [-0.3, -0.25) is 0 Å². The van der Waals surface area contributed by atoms with Crippen LogP contribution in [0.25, 0.3) is 0 Å². The Morgan fingerprint density at radius 3 is 2.57 bits per heavy atom. The molecule has 14 heavy (non-hydrogen) atoms. The third-order valence-electron chi connectivity index (χ3n) is 3.26. The van der Waals surface area contributed by atoms with Crippen LogP contribution in [0.4, 0.5) is 0 Å². The smallest absolute Gasteiger partial charge is 0.0691 e. The first-order chi connectivity index (χ1) is 6.56. The normalized spacial score (nSPS) is 24.0. The van der Waals surface area contributed by atoms with E-state index in [1.807, 2.05) is 13.8 Å². The van der Waals surface area contributed by atoms with Crippen molar-refractivity contribution < 1.29 is 10.2 Å². The Labute approximate surface area is 86.5 Å². The number of aliphatic hydroxyl groups is 2. The number of hydrogen-bond acceptors (Lipinski definition) is 3. The fraction of sp³-hybridized carbons (Fsp3) is 1.00. The van der Waals surface area contributed by atoms with Gasteiger partial charge in [-0.15, -0.1) is 0 Å². The Balaban J connectivity index is 2.25. The van der Waals surface area contributed by atoms with Gasteiger partial charge in [-0.25, -0.2) is 0 Å². The van der Waals surface area contributed by atoms with E-state index in [0.717, 1.165) is 19.4 Å².